The summed E-state index contributed by atoms with van der Waals surface area (Å²) >= 11 is 0. The van der Waals surface area contributed by atoms with Crippen molar-refractivity contribution in [3.63, 3.8) is 0 Å². The molecule has 17 heavy (non-hydrogen) atoms. The van der Waals surface area contributed by atoms with Gasteiger partial charge in [-0.25, -0.2) is 8.42 Å². The summed E-state index contributed by atoms with van der Waals surface area (Å²) in [6, 6.07) is 7.99. The van der Waals surface area contributed by atoms with E-state index >= 15 is 0 Å². The van der Waals surface area contributed by atoms with Gasteiger partial charge in [0.05, 0.1) is 11.4 Å². The average Bonchev–Trinajstić information content (AvgIpc) is 2.68. The summed E-state index contributed by atoms with van der Waals surface area (Å²) in [5.74, 6) is 0.266. The van der Waals surface area contributed by atoms with Crippen LogP contribution in [0.1, 0.15) is 24.9 Å². The Kier molecular flexibility index (Phi) is 3.40. The summed E-state index contributed by atoms with van der Waals surface area (Å²) in [7, 11) is -1.15. The summed E-state index contributed by atoms with van der Waals surface area (Å²) in [6.45, 7) is 2.67. The number of hydrogen-bond donors (Lipinski definition) is 1. The van der Waals surface area contributed by atoms with E-state index in [2.05, 4.69) is 12.2 Å². The van der Waals surface area contributed by atoms with Crippen LogP contribution in [0.15, 0.2) is 24.3 Å². The first-order valence-corrected chi connectivity index (χ1v) is 7.43. The fourth-order valence-corrected chi connectivity index (χ4v) is 3.59. The molecule has 1 saturated heterocycles. The topological polar surface area (TPSA) is 49.4 Å². The second kappa shape index (κ2) is 4.66. The molecule has 0 spiro atoms. The van der Waals surface area contributed by atoms with Crippen molar-refractivity contribution < 1.29 is 8.42 Å². The zero-order chi connectivity index (χ0) is 12.5. The molecule has 1 fully saturated rings. The lowest BCUT2D eigenvalue weighted by atomic mass is 10.1. The van der Waals surface area contributed by atoms with Crippen LogP contribution in [0.4, 0.5) is 5.69 Å². The third kappa shape index (κ3) is 2.45. The molecule has 0 aliphatic carbocycles. The van der Waals surface area contributed by atoms with Crippen molar-refractivity contribution in [1.82, 2.24) is 5.32 Å². The second-order valence-electron chi connectivity index (χ2n) is 4.34. The van der Waals surface area contributed by atoms with Gasteiger partial charge in [-0.1, -0.05) is 12.1 Å². The highest BCUT2D eigenvalue weighted by Gasteiger charge is 2.28. The van der Waals surface area contributed by atoms with Gasteiger partial charge in [0.1, 0.15) is 0 Å². The maximum Gasteiger partial charge on any atom is 0.235 e. The van der Waals surface area contributed by atoms with Gasteiger partial charge in [0.25, 0.3) is 0 Å². The normalized spacial score (nSPS) is 20.5. The van der Waals surface area contributed by atoms with Crippen molar-refractivity contribution in [1.29, 1.82) is 0 Å². The number of hydrogen-bond acceptors (Lipinski definition) is 3. The van der Waals surface area contributed by atoms with E-state index in [-0.39, 0.29) is 11.8 Å². The molecule has 4 nitrogen and oxygen atoms in total. The lowest BCUT2D eigenvalue weighted by molar-refractivity contribution is 0.599. The predicted molar refractivity (Wildman–Crippen MR) is 69.7 cm³/mol. The van der Waals surface area contributed by atoms with Gasteiger partial charge in [-0.05, 0) is 38.1 Å². The number of rotatable bonds is 3. The monoisotopic (exact) mass is 254 g/mol. The molecule has 1 aromatic rings. The van der Waals surface area contributed by atoms with Crippen LogP contribution in [0, 0.1) is 0 Å². The minimum atomic E-state index is -3.06. The van der Waals surface area contributed by atoms with Crippen LogP contribution in [0.2, 0.25) is 0 Å². The van der Waals surface area contributed by atoms with Crippen LogP contribution in [-0.2, 0) is 10.0 Å². The van der Waals surface area contributed by atoms with Gasteiger partial charge in [-0.3, -0.25) is 4.31 Å². The highest BCUT2D eigenvalue weighted by atomic mass is 32.2. The van der Waals surface area contributed by atoms with Gasteiger partial charge in [-0.15, -0.1) is 0 Å². The molecule has 0 saturated carbocycles. The third-order valence-corrected chi connectivity index (χ3v) is 5.08. The van der Waals surface area contributed by atoms with Gasteiger partial charge < -0.3 is 5.32 Å². The predicted octanol–water partition coefficient (Wildman–Crippen LogP) is 1.51. The van der Waals surface area contributed by atoms with Crippen molar-refractivity contribution in [2.24, 2.45) is 0 Å². The minimum absolute atomic E-state index is 0.266. The van der Waals surface area contributed by atoms with Crippen LogP contribution >= 0.6 is 0 Å². The Balaban J connectivity index is 2.24. The zero-order valence-corrected chi connectivity index (χ0v) is 11.0. The molecule has 0 unspecified atom stereocenters. The molecular weight excluding hydrogens is 236 g/mol. The van der Waals surface area contributed by atoms with Crippen molar-refractivity contribution in [2.45, 2.75) is 19.4 Å². The van der Waals surface area contributed by atoms with Crippen LogP contribution in [-0.4, -0.2) is 27.8 Å². The first-order chi connectivity index (χ1) is 8.04. The molecular formula is C12H18N2O2S. The van der Waals surface area contributed by atoms with E-state index in [4.69, 9.17) is 0 Å². The van der Waals surface area contributed by atoms with E-state index in [0.717, 1.165) is 17.7 Å². The maximum absolute atomic E-state index is 11.8. The molecule has 0 bridgehead atoms. The van der Waals surface area contributed by atoms with Gasteiger partial charge >= 0.3 is 0 Å². The molecule has 1 aliphatic heterocycles. The van der Waals surface area contributed by atoms with E-state index in [1.165, 1.54) is 4.31 Å². The summed E-state index contributed by atoms with van der Waals surface area (Å²) in [5.41, 5.74) is 1.93. The molecule has 1 heterocycles. The van der Waals surface area contributed by atoms with Crippen molar-refractivity contribution >= 4 is 15.7 Å². The lowest BCUT2D eigenvalue weighted by Crippen LogP contribution is -2.25. The Labute approximate surface area is 103 Å². The number of nitrogens with one attached hydrogen (secondary N) is 1. The second-order valence-corrected chi connectivity index (χ2v) is 6.36. The molecule has 0 amide bonds. The van der Waals surface area contributed by atoms with Crippen molar-refractivity contribution in [2.75, 3.05) is 23.7 Å². The quantitative estimate of drug-likeness (QED) is 0.889. The molecule has 1 aromatic carbocycles. The smallest absolute Gasteiger partial charge is 0.235 e. The summed E-state index contributed by atoms with van der Waals surface area (Å²) in [4.78, 5) is 0. The molecule has 1 atom stereocenters. The Morgan fingerprint density at radius 2 is 1.94 bits per heavy atom. The third-order valence-electron chi connectivity index (χ3n) is 3.21. The Hall–Kier alpha value is -1.07. The van der Waals surface area contributed by atoms with Crippen molar-refractivity contribution in [3.8, 4) is 0 Å². The van der Waals surface area contributed by atoms with Gasteiger partial charge in [0.2, 0.25) is 10.0 Å². The Bertz CT molecular complexity index is 482. The standard InChI is InChI=1S/C12H18N2O2S/c1-10(13-2)11-4-6-12(7-5-11)14-8-3-9-17(14,15)16/h4-7,10,13H,3,8-9H2,1-2H3/t10-/m0/s1. The van der Waals surface area contributed by atoms with Gasteiger partial charge in [-0.2, -0.15) is 0 Å². The van der Waals surface area contributed by atoms with Crippen molar-refractivity contribution in [3.05, 3.63) is 29.8 Å². The average molecular weight is 254 g/mol. The summed E-state index contributed by atoms with van der Waals surface area (Å²) in [5, 5.41) is 3.15. The van der Waals surface area contributed by atoms with Gasteiger partial charge in [0, 0.05) is 12.6 Å². The highest BCUT2D eigenvalue weighted by molar-refractivity contribution is 7.93. The molecule has 2 rings (SSSR count). The fraction of sp³-hybridized carbons (Fsp3) is 0.500. The van der Waals surface area contributed by atoms with Crippen LogP contribution in [0.25, 0.3) is 0 Å². The van der Waals surface area contributed by atoms with Gasteiger partial charge in [0.15, 0.2) is 0 Å². The van der Waals surface area contributed by atoms with Crippen LogP contribution in [0.5, 0.6) is 0 Å². The molecule has 1 N–H and O–H groups in total. The Morgan fingerprint density at radius 1 is 1.29 bits per heavy atom. The lowest BCUT2D eigenvalue weighted by Gasteiger charge is -2.18. The highest BCUT2D eigenvalue weighted by Crippen LogP contribution is 2.25. The number of sulfonamides is 1. The van der Waals surface area contributed by atoms with E-state index in [1.807, 2.05) is 31.3 Å². The maximum atomic E-state index is 11.8. The minimum Gasteiger partial charge on any atom is -0.313 e. The SMILES string of the molecule is CN[C@@H](C)c1ccc(N2CCCS2(=O)=O)cc1. The molecule has 1 aliphatic rings. The molecule has 5 heteroatoms. The molecule has 94 valence electrons. The Morgan fingerprint density at radius 3 is 2.41 bits per heavy atom. The fourth-order valence-electron chi connectivity index (χ4n) is 2.03. The van der Waals surface area contributed by atoms with E-state index in [9.17, 15) is 8.42 Å². The van der Waals surface area contributed by atoms with Crippen LogP contribution < -0.4 is 9.62 Å². The molecule has 0 radical (unpaired) electrons. The number of anilines is 1. The first-order valence-electron chi connectivity index (χ1n) is 5.82. The summed E-state index contributed by atoms with van der Waals surface area (Å²) < 4.78 is 25.0. The molecule has 0 aromatic heterocycles. The summed E-state index contributed by atoms with van der Waals surface area (Å²) in [6.07, 6.45) is 0.719. The number of nitrogens with zero attached hydrogens (tertiary/aromatic N) is 1. The first kappa shape index (κ1) is 12.4. The number of benzene rings is 1. The van der Waals surface area contributed by atoms with Crippen LogP contribution in [0.3, 0.4) is 0 Å². The van der Waals surface area contributed by atoms with E-state index < -0.39 is 10.0 Å². The van der Waals surface area contributed by atoms with E-state index in [1.54, 1.807) is 0 Å². The largest absolute Gasteiger partial charge is 0.313 e. The zero-order valence-electron chi connectivity index (χ0n) is 10.2. The van der Waals surface area contributed by atoms with E-state index in [0.29, 0.717) is 6.54 Å².